The van der Waals surface area contributed by atoms with E-state index in [9.17, 15) is 4.79 Å². The van der Waals surface area contributed by atoms with Gasteiger partial charge in [0.2, 0.25) is 5.91 Å². The van der Waals surface area contributed by atoms with Gasteiger partial charge in [-0.15, -0.1) is 11.8 Å². The zero-order valence-corrected chi connectivity index (χ0v) is 13.5. The fourth-order valence-corrected chi connectivity index (χ4v) is 2.61. The van der Waals surface area contributed by atoms with Crippen LogP contribution in [-0.4, -0.2) is 31.3 Å². The zero-order valence-electron chi connectivity index (χ0n) is 12.0. The molecule has 1 amide bonds. The lowest BCUT2D eigenvalue weighted by molar-refractivity contribution is -0.121. The fourth-order valence-electron chi connectivity index (χ4n) is 1.63. The minimum atomic E-state index is 0.139. The van der Waals surface area contributed by atoms with Gasteiger partial charge in [-0.3, -0.25) is 4.79 Å². The molecule has 0 fully saturated rings. The minimum Gasteiger partial charge on any atom is -0.355 e. The highest BCUT2D eigenvalue weighted by atomic mass is 35.5. The highest BCUT2D eigenvalue weighted by Gasteiger charge is 2.01. The Balaban J connectivity index is 2.00. The first-order valence-corrected chi connectivity index (χ1v) is 8.44. The van der Waals surface area contributed by atoms with Crippen LogP contribution in [0, 0.1) is 0 Å². The summed E-state index contributed by atoms with van der Waals surface area (Å²) in [4.78, 5) is 12.8. The van der Waals surface area contributed by atoms with Gasteiger partial charge in [0, 0.05) is 29.4 Å². The summed E-state index contributed by atoms with van der Waals surface area (Å²) in [5, 5.41) is 6.93. The van der Waals surface area contributed by atoms with E-state index in [2.05, 4.69) is 17.6 Å². The van der Waals surface area contributed by atoms with Crippen molar-refractivity contribution in [2.75, 3.05) is 25.4 Å². The molecule has 0 aliphatic carbocycles. The molecule has 5 heteroatoms. The van der Waals surface area contributed by atoms with Crippen LogP contribution in [0.2, 0.25) is 5.02 Å². The number of rotatable bonds is 10. The van der Waals surface area contributed by atoms with Gasteiger partial charge in [-0.25, -0.2) is 0 Å². The van der Waals surface area contributed by atoms with Crippen molar-refractivity contribution in [2.24, 2.45) is 0 Å². The molecule has 3 nitrogen and oxygen atoms in total. The van der Waals surface area contributed by atoms with Crippen LogP contribution < -0.4 is 10.6 Å². The first-order chi connectivity index (χ1) is 9.72. The Kier molecular flexibility index (Phi) is 9.54. The maximum atomic E-state index is 11.6. The number of thioether (sulfide) groups is 1. The third-order valence-corrected chi connectivity index (χ3v) is 4.03. The van der Waals surface area contributed by atoms with Crippen LogP contribution in [0.25, 0.3) is 0 Å². The van der Waals surface area contributed by atoms with E-state index in [1.165, 1.54) is 4.90 Å². The Labute approximate surface area is 130 Å². The smallest absolute Gasteiger partial charge is 0.220 e. The SMILES string of the molecule is CCCNCCNC(=O)CCCSc1ccc(Cl)cc1. The van der Waals surface area contributed by atoms with Gasteiger partial charge in [0.05, 0.1) is 0 Å². The van der Waals surface area contributed by atoms with E-state index < -0.39 is 0 Å². The van der Waals surface area contributed by atoms with E-state index in [0.29, 0.717) is 13.0 Å². The molecule has 0 aliphatic heterocycles. The lowest BCUT2D eigenvalue weighted by atomic mass is 10.3. The predicted octanol–water partition coefficient (Wildman–Crippen LogP) is 3.33. The van der Waals surface area contributed by atoms with Crippen LogP contribution in [0.4, 0.5) is 0 Å². The maximum Gasteiger partial charge on any atom is 0.220 e. The number of amides is 1. The van der Waals surface area contributed by atoms with Crippen molar-refractivity contribution in [2.45, 2.75) is 31.1 Å². The van der Waals surface area contributed by atoms with Crippen molar-refractivity contribution in [3.05, 3.63) is 29.3 Å². The number of nitrogens with one attached hydrogen (secondary N) is 2. The molecule has 0 bridgehead atoms. The number of carbonyl (C=O) groups excluding carboxylic acids is 1. The summed E-state index contributed by atoms with van der Waals surface area (Å²) in [5.74, 6) is 1.09. The summed E-state index contributed by atoms with van der Waals surface area (Å²) in [6, 6.07) is 7.79. The van der Waals surface area contributed by atoms with E-state index in [0.717, 1.165) is 36.7 Å². The van der Waals surface area contributed by atoms with E-state index in [4.69, 9.17) is 11.6 Å². The van der Waals surface area contributed by atoms with Crippen molar-refractivity contribution in [1.82, 2.24) is 10.6 Å². The quantitative estimate of drug-likeness (QED) is 0.514. The summed E-state index contributed by atoms with van der Waals surface area (Å²) < 4.78 is 0. The zero-order chi connectivity index (χ0) is 14.6. The highest BCUT2D eigenvalue weighted by Crippen LogP contribution is 2.21. The standard InChI is InChI=1S/C15H23ClN2OS/c1-2-9-17-10-11-18-15(19)4-3-12-20-14-7-5-13(16)6-8-14/h5-8,17H,2-4,9-12H2,1H3,(H,18,19). The van der Waals surface area contributed by atoms with Crippen molar-refractivity contribution >= 4 is 29.3 Å². The Morgan fingerprint density at radius 1 is 1.20 bits per heavy atom. The Bertz CT molecular complexity index is 384. The molecule has 0 aliphatic rings. The molecule has 20 heavy (non-hydrogen) atoms. The first kappa shape index (κ1) is 17.3. The molecule has 0 saturated heterocycles. The van der Waals surface area contributed by atoms with E-state index in [1.54, 1.807) is 11.8 Å². The van der Waals surface area contributed by atoms with Crippen LogP contribution in [0.5, 0.6) is 0 Å². The number of hydrogen-bond donors (Lipinski definition) is 2. The molecule has 0 radical (unpaired) electrons. The van der Waals surface area contributed by atoms with Gasteiger partial charge in [0.25, 0.3) is 0 Å². The number of benzene rings is 1. The molecular weight excluding hydrogens is 292 g/mol. The summed E-state index contributed by atoms with van der Waals surface area (Å²) in [7, 11) is 0. The van der Waals surface area contributed by atoms with Crippen molar-refractivity contribution in [3.8, 4) is 0 Å². The summed E-state index contributed by atoms with van der Waals surface area (Å²) >= 11 is 7.58. The summed E-state index contributed by atoms with van der Waals surface area (Å²) in [6.45, 7) is 4.69. The number of halogens is 1. The number of carbonyl (C=O) groups is 1. The van der Waals surface area contributed by atoms with Crippen LogP contribution in [-0.2, 0) is 4.79 Å². The van der Waals surface area contributed by atoms with Gasteiger partial charge in [-0.1, -0.05) is 18.5 Å². The van der Waals surface area contributed by atoms with Gasteiger partial charge in [-0.2, -0.15) is 0 Å². The molecule has 112 valence electrons. The Hall–Kier alpha value is -0.710. The highest BCUT2D eigenvalue weighted by molar-refractivity contribution is 7.99. The normalized spacial score (nSPS) is 10.5. The topological polar surface area (TPSA) is 41.1 Å². The predicted molar refractivity (Wildman–Crippen MR) is 87.6 cm³/mol. The molecule has 0 atom stereocenters. The molecular formula is C15H23ClN2OS. The number of hydrogen-bond acceptors (Lipinski definition) is 3. The Morgan fingerprint density at radius 2 is 1.95 bits per heavy atom. The van der Waals surface area contributed by atoms with Crippen molar-refractivity contribution in [3.63, 3.8) is 0 Å². The molecule has 0 spiro atoms. The molecule has 1 aromatic rings. The maximum absolute atomic E-state index is 11.6. The molecule has 0 unspecified atom stereocenters. The molecule has 0 saturated carbocycles. The average molecular weight is 315 g/mol. The molecule has 0 heterocycles. The molecule has 2 N–H and O–H groups in total. The van der Waals surface area contributed by atoms with Gasteiger partial charge in [0.15, 0.2) is 0 Å². The lowest BCUT2D eigenvalue weighted by Gasteiger charge is -2.06. The monoisotopic (exact) mass is 314 g/mol. The molecule has 0 aromatic heterocycles. The third kappa shape index (κ3) is 8.46. The largest absolute Gasteiger partial charge is 0.355 e. The second kappa shape index (κ2) is 11.0. The van der Waals surface area contributed by atoms with Gasteiger partial charge >= 0.3 is 0 Å². The second-order valence-electron chi connectivity index (χ2n) is 4.51. The van der Waals surface area contributed by atoms with Gasteiger partial charge in [0.1, 0.15) is 0 Å². The van der Waals surface area contributed by atoms with Crippen LogP contribution in [0.3, 0.4) is 0 Å². The molecule has 1 aromatic carbocycles. The second-order valence-corrected chi connectivity index (χ2v) is 6.11. The Morgan fingerprint density at radius 3 is 2.65 bits per heavy atom. The van der Waals surface area contributed by atoms with Crippen LogP contribution in [0.15, 0.2) is 29.2 Å². The van der Waals surface area contributed by atoms with Crippen LogP contribution in [0.1, 0.15) is 26.2 Å². The van der Waals surface area contributed by atoms with Crippen molar-refractivity contribution in [1.29, 1.82) is 0 Å². The lowest BCUT2D eigenvalue weighted by Crippen LogP contribution is -2.31. The third-order valence-electron chi connectivity index (χ3n) is 2.68. The van der Waals surface area contributed by atoms with E-state index >= 15 is 0 Å². The minimum absolute atomic E-state index is 0.139. The molecule has 1 rings (SSSR count). The summed E-state index contributed by atoms with van der Waals surface area (Å²) in [6.07, 6.45) is 2.60. The van der Waals surface area contributed by atoms with E-state index in [-0.39, 0.29) is 5.91 Å². The first-order valence-electron chi connectivity index (χ1n) is 7.08. The fraction of sp³-hybridized carbons (Fsp3) is 0.533. The summed E-state index contributed by atoms with van der Waals surface area (Å²) in [5.41, 5.74) is 0. The van der Waals surface area contributed by atoms with Gasteiger partial charge < -0.3 is 10.6 Å². The van der Waals surface area contributed by atoms with Crippen molar-refractivity contribution < 1.29 is 4.79 Å². The van der Waals surface area contributed by atoms with Crippen LogP contribution >= 0.6 is 23.4 Å². The van der Waals surface area contributed by atoms with E-state index in [1.807, 2.05) is 24.3 Å². The average Bonchev–Trinajstić information content (AvgIpc) is 2.45. The van der Waals surface area contributed by atoms with Gasteiger partial charge in [-0.05, 0) is 49.4 Å².